The maximum absolute atomic E-state index is 12.3. The summed E-state index contributed by atoms with van der Waals surface area (Å²) in [5, 5.41) is 2.87. The van der Waals surface area contributed by atoms with Crippen LogP contribution in [0.3, 0.4) is 0 Å². The molecule has 6 heteroatoms. The van der Waals surface area contributed by atoms with E-state index in [0.29, 0.717) is 17.8 Å². The number of rotatable bonds is 2. The van der Waals surface area contributed by atoms with Crippen molar-refractivity contribution in [3.05, 3.63) is 29.8 Å². The third kappa shape index (κ3) is 4.13. The molecule has 0 spiro atoms. The molecule has 20 heavy (non-hydrogen) atoms. The summed E-state index contributed by atoms with van der Waals surface area (Å²) in [4.78, 5) is 25.2. The van der Waals surface area contributed by atoms with Crippen LogP contribution in [0.2, 0.25) is 0 Å². The van der Waals surface area contributed by atoms with Crippen LogP contribution in [-0.2, 0) is 4.79 Å². The van der Waals surface area contributed by atoms with Crippen molar-refractivity contribution < 1.29 is 9.59 Å². The first kappa shape index (κ1) is 16.3. The average Bonchev–Trinajstić information content (AvgIpc) is 2.37. The van der Waals surface area contributed by atoms with Crippen molar-refractivity contribution in [2.75, 3.05) is 18.8 Å². The molecule has 110 valence electrons. The second-order valence-corrected chi connectivity index (χ2v) is 4.92. The van der Waals surface area contributed by atoms with E-state index in [1.807, 2.05) is 0 Å². The van der Waals surface area contributed by atoms with Gasteiger partial charge in [0, 0.05) is 37.3 Å². The van der Waals surface area contributed by atoms with E-state index in [2.05, 4.69) is 5.32 Å². The highest BCUT2D eigenvalue weighted by Gasteiger charge is 2.24. The summed E-state index contributed by atoms with van der Waals surface area (Å²) in [7, 11) is 0. The molecular weight excluding hydrogens is 278 g/mol. The number of likely N-dealkylation sites (tertiary alicyclic amines) is 1. The van der Waals surface area contributed by atoms with Gasteiger partial charge in [0.25, 0.3) is 5.91 Å². The second-order valence-electron chi connectivity index (χ2n) is 4.92. The van der Waals surface area contributed by atoms with Crippen LogP contribution < -0.4 is 11.1 Å². The van der Waals surface area contributed by atoms with Crippen LogP contribution in [-0.4, -0.2) is 35.8 Å². The lowest BCUT2D eigenvalue weighted by Crippen LogP contribution is -2.49. The van der Waals surface area contributed by atoms with Crippen LogP contribution in [0.5, 0.6) is 0 Å². The Morgan fingerprint density at radius 1 is 1.40 bits per heavy atom. The summed E-state index contributed by atoms with van der Waals surface area (Å²) in [6.45, 7) is 2.79. The summed E-state index contributed by atoms with van der Waals surface area (Å²) in [6.07, 6.45) is 1.82. The third-order valence-corrected chi connectivity index (χ3v) is 3.25. The van der Waals surface area contributed by atoms with E-state index in [0.717, 1.165) is 19.4 Å². The maximum Gasteiger partial charge on any atom is 0.253 e. The monoisotopic (exact) mass is 297 g/mol. The predicted octanol–water partition coefficient (Wildman–Crippen LogP) is 1.43. The number of carbonyl (C=O) groups excluding carboxylic acids is 2. The molecule has 1 aromatic carbocycles. The number of benzene rings is 1. The van der Waals surface area contributed by atoms with Crippen LogP contribution >= 0.6 is 12.4 Å². The number of piperidine rings is 1. The molecule has 1 aromatic rings. The lowest BCUT2D eigenvalue weighted by Gasteiger charge is -2.33. The first-order valence-corrected chi connectivity index (χ1v) is 6.48. The molecule has 1 heterocycles. The Hall–Kier alpha value is -1.75. The molecule has 0 radical (unpaired) electrons. The Labute approximate surface area is 124 Å². The number of amides is 2. The number of nitrogens with one attached hydrogen (secondary N) is 1. The van der Waals surface area contributed by atoms with Gasteiger partial charge in [0.15, 0.2) is 0 Å². The molecule has 0 aliphatic carbocycles. The van der Waals surface area contributed by atoms with Crippen LogP contribution in [0.4, 0.5) is 5.69 Å². The first-order valence-electron chi connectivity index (χ1n) is 6.48. The predicted molar refractivity (Wildman–Crippen MR) is 80.8 cm³/mol. The summed E-state index contributed by atoms with van der Waals surface area (Å²) >= 11 is 0. The SMILES string of the molecule is CC(=O)NC1CCCN(C(=O)c2cccc(N)c2)C1.Cl. The van der Waals surface area contributed by atoms with Gasteiger partial charge in [-0.2, -0.15) is 0 Å². The van der Waals surface area contributed by atoms with Gasteiger partial charge in [-0.1, -0.05) is 6.07 Å². The summed E-state index contributed by atoms with van der Waals surface area (Å²) in [5.41, 5.74) is 6.88. The first-order chi connectivity index (χ1) is 9.06. The molecule has 1 fully saturated rings. The Morgan fingerprint density at radius 2 is 2.15 bits per heavy atom. The number of nitrogens with zero attached hydrogens (tertiary/aromatic N) is 1. The van der Waals surface area contributed by atoms with Crippen molar-refractivity contribution in [3.8, 4) is 0 Å². The van der Waals surface area contributed by atoms with Crippen LogP contribution in [0.25, 0.3) is 0 Å². The molecule has 1 unspecified atom stereocenters. The van der Waals surface area contributed by atoms with Crippen molar-refractivity contribution in [3.63, 3.8) is 0 Å². The topological polar surface area (TPSA) is 75.4 Å². The average molecular weight is 298 g/mol. The summed E-state index contributed by atoms with van der Waals surface area (Å²) < 4.78 is 0. The highest BCUT2D eigenvalue weighted by atomic mass is 35.5. The fraction of sp³-hybridized carbons (Fsp3) is 0.429. The zero-order chi connectivity index (χ0) is 13.8. The standard InChI is InChI=1S/C14H19N3O2.ClH/c1-10(18)16-13-6-3-7-17(9-13)14(19)11-4-2-5-12(15)8-11;/h2,4-5,8,13H,3,6-7,9,15H2,1H3,(H,16,18);1H. The molecule has 1 aliphatic rings. The Balaban J connectivity index is 0.00000200. The number of nitrogen functional groups attached to an aromatic ring is 1. The molecule has 2 amide bonds. The molecule has 1 atom stereocenters. The van der Waals surface area contributed by atoms with E-state index < -0.39 is 0 Å². The Kier molecular flexibility index (Phi) is 5.82. The number of hydrogen-bond acceptors (Lipinski definition) is 3. The van der Waals surface area contributed by atoms with Gasteiger partial charge in [-0.15, -0.1) is 12.4 Å². The highest BCUT2D eigenvalue weighted by molar-refractivity contribution is 5.95. The van der Waals surface area contributed by atoms with E-state index in [1.54, 1.807) is 29.2 Å². The lowest BCUT2D eigenvalue weighted by molar-refractivity contribution is -0.120. The number of hydrogen-bond donors (Lipinski definition) is 2. The maximum atomic E-state index is 12.3. The van der Waals surface area contributed by atoms with Gasteiger partial charge in [-0.05, 0) is 31.0 Å². The molecule has 3 N–H and O–H groups in total. The minimum absolute atomic E-state index is 0. The van der Waals surface area contributed by atoms with Crippen molar-refractivity contribution in [1.29, 1.82) is 0 Å². The minimum Gasteiger partial charge on any atom is -0.399 e. The second kappa shape index (κ2) is 7.14. The van der Waals surface area contributed by atoms with E-state index >= 15 is 0 Å². The normalized spacial score (nSPS) is 18.1. The lowest BCUT2D eigenvalue weighted by atomic mass is 10.0. The van der Waals surface area contributed by atoms with E-state index in [9.17, 15) is 9.59 Å². The zero-order valence-electron chi connectivity index (χ0n) is 11.5. The molecule has 0 saturated carbocycles. The van der Waals surface area contributed by atoms with Crippen LogP contribution in [0.15, 0.2) is 24.3 Å². The van der Waals surface area contributed by atoms with Gasteiger partial charge in [0.05, 0.1) is 0 Å². The van der Waals surface area contributed by atoms with E-state index in [1.165, 1.54) is 6.92 Å². The molecule has 5 nitrogen and oxygen atoms in total. The molecule has 0 bridgehead atoms. The number of anilines is 1. The number of carbonyl (C=O) groups is 2. The fourth-order valence-corrected chi connectivity index (χ4v) is 2.42. The third-order valence-electron chi connectivity index (χ3n) is 3.25. The summed E-state index contributed by atoms with van der Waals surface area (Å²) in [5.74, 6) is -0.0781. The van der Waals surface area contributed by atoms with Crippen molar-refractivity contribution in [1.82, 2.24) is 10.2 Å². The van der Waals surface area contributed by atoms with Crippen LogP contribution in [0, 0.1) is 0 Å². The minimum atomic E-state index is -0.0525. The zero-order valence-corrected chi connectivity index (χ0v) is 12.3. The summed E-state index contributed by atoms with van der Waals surface area (Å²) in [6, 6.07) is 7.03. The van der Waals surface area contributed by atoms with Gasteiger partial charge in [-0.3, -0.25) is 9.59 Å². The van der Waals surface area contributed by atoms with E-state index in [4.69, 9.17) is 5.73 Å². The Morgan fingerprint density at radius 3 is 2.80 bits per heavy atom. The van der Waals surface area contributed by atoms with Crippen molar-refractivity contribution in [2.45, 2.75) is 25.8 Å². The quantitative estimate of drug-likeness (QED) is 0.811. The van der Waals surface area contributed by atoms with E-state index in [-0.39, 0.29) is 30.3 Å². The van der Waals surface area contributed by atoms with Gasteiger partial charge in [-0.25, -0.2) is 0 Å². The number of nitrogens with two attached hydrogens (primary N) is 1. The number of halogens is 1. The van der Waals surface area contributed by atoms with Gasteiger partial charge >= 0.3 is 0 Å². The van der Waals surface area contributed by atoms with Gasteiger partial charge < -0.3 is 16.0 Å². The molecule has 1 aliphatic heterocycles. The fourth-order valence-electron chi connectivity index (χ4n) is 2.42. The van der Waals surface area contributed by atoms with Crippen molar-refractivity contribution >= 4 is 29.9 Å². The molecule has 2 rings (SSSR count). The molecule has 0 aromatic heterocycles. The Bertz CT molecular complexity index is 493. The highest BCUT2D eigenvalue weighted by Crippen LogP contribution is 2.15. The van der Waals surface area contributed by atoms with Crippen molar-refractivity contribution in [2.24, 2.45) is 0 Å². The van der Waals surface area contributed by atoms with Gasteiger partial charge in [0.1, 0.15) is 0 Å². The molecule has 1 saturated heterocycles. The van der Waals surface area contributed by atoms with Gasteiger partial charge in [0.2, 0.25) is 5.91 Å². The molecular formula is C14H20ClN3O2. The largest absolute Gasteiger partial charge is 0.399 e. The smallest absolute Gasteiger partial charge is 0.253 e. The van der Waals surface area contributed by atoms with Crippen LogP contribution in [0.1, 0.15) is 30.1 Å².